The fraction of sp³-hybridized carbons (Fsp3) is 0.190. The molecule has 0 saturated carbocycles. The Hall–Kier alpha value is -3.06. The van der Waals surface area contributed by atoms with E-state index in [0.717, 1.165) is 33.0 Å². The molecular formula is C21H21N5OS. The van der Waals surface area contributed by atoms with E-state index in [0.29, 0.717) is 5.65 Å². The number of rotatable bonds is 5. The number of fused-ring (bicyclic) bond motifs is 1. The fourth-order valence-corrected chi connectivity index (χ4v) is 3.76. The smallest absolute Gasteiger partial charge is 0.246 e. The van der Waals surface area contributed by atoms with Crippen LogP contribution in [-0.2, 0) is 11.3 Å². The second-order valence-electron chi connectivity index (χ2n) is 6.63. The average Bonchev–Trinajstić information content (AvgIpc) is 3.30. The number of nitrogens with zero attached hydrogens (tertiary/aromatic N) is 4. The van der Waals surface area contributed by atoms with Gasteiger partial charge in [-0.15, -0.1) is 11.8 Å². The molecule has 1 amide bonds. The molecule has 0 bridgehead atoms. The molecule has 0 saturated heterocycles. The second kappa shape index (κ2) is 7.52. The molecule has 7 heteroatoms. The maximum absolute atomic E-state index is 12.7. The minimum atomic E-state index is -0.136. The standard InChI is InChI=1S/C21H21N5OS/c1-14-11-15(2)22-20-19(14)21(25-9-4-5-10-25)24-26(20)13-18(27)23-16-7-6-8-17(12-16)28-3/h4-12H,13H2,1-3H3,(H,23,27). The molecule has 6 nitrogen and oxygen atoms in total. The van der Waals surface area contributed by atoms with Gasteiger partial charge in [0.2, 0.25) is 5.91 Å². The molecule has 0 fully saturated rings. The number of thioether (sulfide) groups is 1. The van der Waals surface area contributed by atoms with Crippen LogP contribution < -0.4 is 5.32 Å². The molecule has 142 valence electrons. The number of hydrogen-bond donors (Lipinski definition) is 1. The van der Waals surface area contributed by atoms with E-state index in [4.69, 9.17) is 5.10 Å². The number of anilines is 1. The molecule has 0 atom stereocenters. The molecule has 1 aromatic carbocycles. The van der Waals surface area contributed by atoms with Gasteiger partial charge >= 0.3 is 0 Å². The molecule has 0 spiro atoms. The lowest BCUT2D eigenvalue weighted by molar-refractivity contribution is -0.116. The predicted octanol–water partition coefficient (Wildman–Crippen LogP) is 4.20. The molecule has 28 heavy (non-hydrogen) atoms. The van der Waals surface area contributed by atoms with E-state index in [1.54, 1.807) is 16.4 Å². The third kappa shape index (κ3) is 3.53. The van der Waals surface area contributed by atoms with Gasteiger partial charge in [-0.05, 0) is 62.1 Å². The van der Waals surface area contributed by atoms with Crippen molar-refractivity contribution in [1.82, 2.24) is 19.3 Å². The third-order valence-electron chi connectivity index (χ3n) is 4.51. The summed E-state index contributed by atoms with van der Waals surface area (Å²) in [6, 6.07) is 13.7. The fourth-order valence-electron chi connectivity index (χ4n) is 3.30. The van der Waals surface area contributed by atoms with E-state index in [9.17, 15) is 4.79 Å². The van der Waals surface area contributed by atoms with Crippen LogP contribution in [0.1, 0.15) is 11.3 Å². The lowest BCUT2D eigenvalue weighted by atomic mass is 10.2. The van der Waals surface area contributed by atoms with Gasteiger partial charge in [-0.25, -0.2) is 9.67 Å². The summed E-state index contributed by atoms with van der Waals surface area (Å²) in [5, 5.41) is 8.61. The molecule has 3 heterocycles. The predicted molar refractivity (Wildman–Crippen MR) is 113 cm³/mol. The molecule has 0 aliphatic heterocycles. The van der Waals surface area contributed by atoms with Crippen molar-refractivity contribution in [3.63, 3.8) is 0 Å². The first-order chi connectivity index (χ1) is 13.5. The number of amides is 1. The highest BCUT2D eigenvalue weighted by atomic mass is 32.2. The van der Waals surface area contributed by atoms with Crippen molar-refractivity contribution in [1.29, 1.82) is 0 Å². The summed E-state index contributed by atoms with van der Waals surface area (Å²) in [6.45, 7) is 4.09. The average molecular weight is 392 g/mol. The lowest BCUT2D eigenvalue weighted by Crippen LogP contribution is -2.20. The molecule has 1 N–H and O–H groups in total. The Kier molecular flexibility index (Phi) is 4.92. The Morgan fingerprint density at radius 3 is 2.68 bits per heavy atom. The Morgan fingerprint density at radius 1 is 1.14 bits per heavy atom. The van der Waals surface area contributed by atoms with Crippen molar-refractivity contribution >= 4 is 34.4 Å². The number of aryl methyl sites for hydroxylation is 2. The summed E-state index contributed by atoms with van der Waals surface area (Å²) in [6.07, 6.45) is 5.90. The highest BCUT2D eigenvalue weighted by Crippen LogP contribution is 2.25. The zero-order valence-electron chi connectivity index (χ0n) is 16.0. The number of nitrogens with one attached hydrogen (secondary N) is 1. The molecule has 3 aromatic heterocycles. The Bertz CT molecular complexity index is 1150. The van der Waals surface area contributed by atoms with Crippen molar-refractivity contribution < 1.29 is 4.79 Å². The zero-order valence-corrected chi connectivity index (χ0v) is 16.8. The van der Waals surface area contributed by atoms with Crippen molar-refractivity contribution in [3.8, 4) is 5.82 Å². The van der Waals surface area contributed by atoms with Gasteiger partial charge in [0.1, 0.15) is 6.54 Å². The van der Waals surface area contributed by atoms with Gasteiger partial charge in [-0.3, -0.25) is 4.79 Å². The first-order valence-electron chi connectivity index (χ1n) is 8.97. The number of carbonyl (C=O) groups is 1. The van der Waals surface area contributed by atoms with Crippen LogP contribution in [0.3, 0.4) is 0 Å². The summed E-state index contributed by atoms with van der Waals surface area (Å²) in [5.74, 6) is 0.643. The van der Waals surface area contributed by atoms with Crippen molar-refractivity contribution in [2.24, 2.45) is 0 Å². The lowest BCUT2D eigenvalue weighted by Gasteiger charge is -2.07. The van der Waals surface area contributed by atoms with E-state index < -0.39 is 0 Å². The van der Waals surface area contributed by atoms with Crippen LogP contribution in [0, 0.1) is 13.8 Å². The van der Waals surface area contributed by atoms with Gasteiger partial charge in [0.25, 0.3) is 0 Å². The van der Waals surface area contributed by atoms with E-state index in [1.807, 2.05) is 79.5 Å². The van der Waals surface area contributed by atoms with Gasteiger partial charge < -0.3 is 9.88 Å². The van der Waals surface area contributed by atoms with E-state index >= 15 is 0 Å². The normalized spacial score (nSPS) is 11.1. The molecule has 0 unspecified atom stereocenters. The van der Waals surface area contributed by atoms with Gasteiger partial charge in [-0.1, -0.05) is 6.07 Å². The zero-order chi connectivity index (χ0) is 19.7. The summed E-state index contributed by atoms with van der Waals surface area (Å²) in [5.41, 5.74) is 3.48. The molecule has 0 aliphatic rings. The SMILES string of the molecule is CSc1cccc(NC(=O)Cn2nc(-n3cccc3)c3c(C)cc(C)nc32)c1. The van der Waals surface area contributed by atoms with Crippen molar-refractivity contribution in [2.75, 3.05) is 11.6 Å². The number of carbonyl (C=O) groups excluding carboxylic acids is 1. The summed E-state index contributed by atoms with van der Waals surface area (Å²) in [4.78, 5) is 18.4. The first-order valence-corrected chi connectivity index (χ1v) is 10.2. The Balaban J connectivity index is 1.69. The molecular weight excluding hydrogens is 370 g/mol. The Labute approximate surface area is 167 Å². The summed E-state index contributed by atoms with van der Waals surface area (Å²) in [7, 11) is 0. The molecule has 0 aliphatic carbocycles. The van der Waals surface area contributed by atoms with Gasteiger partial charge in [-0.2, -0.15) is 5.10 Å². The molecule has 0 radical (unpaired) electrons. The van der Waals surface area contributed by atoms with Crippen LogP contribution in [-0.4, -0.2) is 31.5 Å². The summed E-state index contributed by atoms with van der Waals surface area (Å²) >= 11 is 1.64. The maximum Gasteiger partial charge on any atom is 0.246 e. The van der Waals surface area contributed by atoms with Gasteiger partial charge in [0.05, 0.1) is 5.39 Å². The van der Waals surface area contributed by atoms with Crippen LogP contribution in [0.15, 0.2) is 59.8 Å². The number of aromatic nitrogens is 4. The minimum absolute atomic E-state index is 0.0944. The van der Waals surface area contributed by atoms with Crippen LogP contribution in [0.4, 0.5) is 5.69 Å². The Morgan fingerprint density at radius 2 is 1.93 bits per heavy atom. The highest BCUT2D eigenvalue weighted by molar-refractivity contribution is 7.98. The van der Waals surface area contributed by atoms with E-state index in [1.165, 1.54) is 0 Å². The van der Waals surface area contributed by atoms with Gasteiger partial charge in [0.15, 0.2) is 11.5 Å². The maximum atomic E-state index is 12.7. The third-order valence-corrected chi connectivity index (χ3v) is 5.23. The first kappa shape index (κ1) is 18.3. The number of hydrogen-bond acceptors (Lipinski definition) is 4. The van der Waals surface area contributed by atoms with E-state index in [2.05, 4.69) is 10.3 Å². The quantitative estimate of drug-likeness (QED) is 0.518. The van der Waals surface area contributed by atoms with Crippen LogP contribution in [0.25, 0.3) is 16.9 Å². The highest BCUT2D eigenvalue weighted by Gasteiger charge is 2.18. The molecule has 4 rings (SSSR count). The molecule has 4 aromatic rings. The number of pyridine rings is 1. The second-order valence-corrected chi connectivity index (χ2v) is 7.51. The van der Waals surface area contributed by atoms with Crippen LogP contribution >= 0.6 is 11.8 Å². The van der Waals surface area contributed by atoms with E-state index in [-0.39, 0.29) is 12.5 Å². The van der Waals surface area contributed by atoms with Crippen LogP contribution in [0.2, 0.25) is 0 Å². The largest absolute Gasteiger partial charge is 0.324 e. The summed E-state index contributed by atoms with van der Waals surface area (Å²) < 4.78 is 3.63. The van der Waals surface area contributed by atoms with Crippen molar-refractivity contribution in [2.45, 2.75) is 25.3 Å². The van der Waals surface area contributed by atoms with Gasteiger partial charge in [0, 0.05) is 28.7 Å². The number of benzene rings is 1. The topological polar surface area (TPSA) is 64.7 Å². The minimum Gasteiger partial charge on any atom is -0.324 e. The van der Waals surface area contributed by atoms with Crippen molar-refractivity contribution in [3.05, 3.63) is 66.1 Å². The monoisotopic (exact) mass is 391 g/mol. The van der Waals surface area contributed by atoms with Crippen LogP contribution in [0.5, 0.6) is 0 Å².